The van der Waals surface area contributed by atoms with Crippen LogP contribution in [0.3, 0.4) is 0 Å². The van der Waals surface area contributed by atoms with Crippen molar-refractivity contribution >= 4 is 22.6 Å². The lowest BCUT2D eigenvalue weighted by atomic mass is 10.1. The van der Waals surface area contributed by atoms with Crippen molar-refractivity contribution in [3.8, 4) is 0 Å². The van der Waals surface area contributed by atoms with Crippen molar-refractivity contribution in [2.45, 2.75) is 27.1 Å². The van der Waals surface area contributed by atoms with E-state index in [2.05, 4.69) is 4.98 Å². The van der Waals surface area contributed by atoms with Crippen molar-refractivity contribution in [3.05, 3.63) is 71.4 Å². The number of rotatable bonds is 6. The standard InChI is InChI=1S/C21H20N2O4/c1-3-25-13-17-16-8-4-5-9-18(16)27-19(17)21(24)26-12-15-11-23-10-6-7-14(2)20(23)22-15/h4-11H,3,12-13H2,1-2H3. The van der Waals surface area contributed by atoms with Crippen LogP contribution in [0.1, 0.15) is 34.3 Å². The Hall–Kier alpha value is -3.12. The van der Waals surface area contributed by atoms with Crippen LogP contribution >= 0.6 is 0 Å². The number of furan rings is 1. The fraction of sp³-hybridized carbons (Fsp3) is 0.238. The van der Waals surface area contributed by atoms with Crippen molar-refractivity contribution in [3.63, 3.8) is 0 Å². The number of para-hydroxylation sites is 1. The molecular weight excluding hydrogens is 344 g/mol. The summed E-state index contributed by atoms with van der Waals surface area (Å²) in [5.41, 5.74) is 3.95. The Bertz CT molecular complexity index is 1110. The summed E-state index contributed by atoms with van der Waals surface area (Å²) in [6.07, 6.45) is 3.77. The monoisotopic (exact) mass is 364 g/mol. The van der Waals surface area contributed by atoms with Crippen molar-refractivity contribution in [2.24, 2.45) is 0 Å². The van der Waals surface area contributed by atoms with Crippen molar-refractivity contribution < 1.29 is 18.7 Å². The van der Waals surface area contributed by atoms with Crippen LogP contribution in [0.5, 0.6) is 0 Å². The normalized spacial score (nSPS) is 11.3. The van der Waals surface area contributed by atoms with Gasteiger partial charge in [0.1, 0.15) is 17.8 Å². The van der Waals surface area contributed by atoms with Crippen molar-refractivity contribution in [1.82, 2.24) is 9.38 Å². The average Bonchev–Trinajstić information content (AvgIpc) is 3.26. The molecule has 1 aromatic carbocycles. The second-order valence-corrected chi connectivity index (χ2v) is 6.27. The third-order valence-electron chi connectivity index (χ3n) is 4.41. The first-order valence-corrected chi connectivity index (χ1v) is 8.86. The summed E-state index contributed by atoms with van der Waals surface area (Å²) in [4.78, 5) is 17.2. The largest absolute Gasteiger partial charge is 0.453 e. The van der Waals surface area contributed by atoms with Gasteiger partial charge in [-0.15, -0.1) is 0 Å². The van der Waals surface area contributed by atoms with Gasteiger partial charge in [-0.25, -0.2) is 9.78 Å². The molecule has 0 radical (unpaired) electrons. The maximum absolute atomic E-state index is 12.6. The fourth-order valence-corrected chi connectivity index (χ4v) is 3.09. The molecule has 0 amide bonds. The van der Waals surface area contributed by atoms with Gasteiger partial charge in [-0.1, -0.05) is 24.3 Å². The van der Waals surface area contributed by atoms with Gasteiger partial charge in [-0.2, -0.15) is 0 Å². The van der Waals surface area contributed by atoms with Crippen LogP contribution in [-0.2, 0) is 22.7 Å². The molecule has 6 heteroatoms. The van der Waals surface area contributed by atoms with E-state index in [-0.39, 0.29) is 12.4 Å². The van der Waals surface area contributed by atoms with Crippen LogP contribution in [0.2, 0.25) is 0 Å². The molecule has 0 N–H and O–H groups in total. The molecule has 0 fully saturated rings. The van der Waals surface area contributed by atoms with Crippen molar-refractivity contribution in [1.29, 1.82) is 0 Å². The predicted octanol–water partition coefficient (Wildman–Crippen LogP) is 4.28. The molecular formula is C21H20N2O4. The highest BCUT2D eigenvalue weighted by molar-refractivity contribution is 5.96. The van der Waals surface area contributed by atoms with E-state index in [9.17, 15) is 4.79 Å². The third-order valence-corrected chi connectivity index (χ3v) is 4.41. The number of nitrogens with zero attached hydrogens (tertiary/aromatic N) is 2. The third kappa shape index (κ3) is 3.31. The molecule has 0 aliphatic heterocycles. The summed E-state index contributed by atoms with van der Waals surface area (Å²) >= 11 is 0. The topological polar surface area (TPSA) is 66.0 Å². The number of hydrogen-bond donors (Lipinski definition) is 0. The minimum atomic E-state index is -0.519. The summed E-state index contributed by atoms with van der Waals surface area (Å²) in [5.74, 6) is -0.334. The van der Waals surface area contributed by atoms with Crippen LogP contribution in [0.15, 0.2) is 53.2 Å². The fourth-order valence-electron chi connectivity index (χ4n) is 3.09. The SMILES string of the molecule is CCOCc1c(C(=O)OCc2cn3cccc(C)c3n2)oc2ccccc12. The van der Waals surface area contributed by atoms with E-state index in [0.29, 0.717) is 30.1 Å². The number of benzene rings is 1. The minimum absolute atomic E-state index is 0.0745. The molecule has 0 unspecified atom stereocenters. The minimum Gasteiger partial charge on any atom is -0.453 e. The highest BCUT2D eigenvalue weighted by Crippen LogP contribution is 2.27. The average molecular weight is 364 g/mol. The van der Waals surface area contributed by atoms with Gasteiger partial charge in [0, 0.05) is 30.0 Å². The summed E-state index contributed by atoms with van der Waals surface area (Å²) in [6.45, 7) is 4.82. The Kier molecular flexibility index (Phi) is 4.64. The van der Waals surface area contributed by atoms with Gasteiger partial charge >= 0.3 is 5.97 Å². The quantitative estimate of drug-likeness (QED) is 0.478. The van der Waals surface area contributed by atoms with Gasteiger partial charge in [0.05, 0.1) is 12.3 Å². The van der Waals surface area contributed by atoms with Crippen molar-refractivity contribution in [2.75, 3.05) is 6.61 Å². The van der Waals surface area contributed by atoms with Gasteiger partial charge in [0.2, 0.25) is 5.76 Å². The summed E-state index contributed by atoms with van der Waals surface area (Å²) in [6, 6.07) is 11.5. The number of hydrogen-bond acceptors (Lipinski definition) is 5. The maximum Gasteiger partial charge on any atom is 0.375 e. The van der Waals surface area contributed by atoms with E-state index in [1.165, 1.54) is 0 Å². The smallest absolute Gasteiger partial charge is 0.375 e. The lowest BCUT2D eigenvalue weighted by Crippen LogP contribution is -2.07. The molecule has 0 spiro atoms. The zero-order valence-electron chi connectivity index (χ0n) is 15.3. The molecule has 4 aromatic rings. The highest BCUT2D eigenvalue weighted by Gasteiger charge is 2.22. The van der Waals surface area contributed by atoms with Crippen LogP contribution in [0.25, 0.3) is 16.6 Å². The molecule has 0 saturated carbocycles. The molecule has 0 aliphatic rings. The molecule has 0 saturated heterocycles. The zero-order chi connectivity index (χ0) is 18.8. The first kappa shape index (κ1) is 17.3. The van der Waals surface area contributed by atoms with Gasteiger partial charge in [0.25, 0.3) is 0 Å². The Balaban J connectivity index is 1.57. The lowest BCUT2D eigenvalue weighted by Gasteiger charge is -2.04. The number of pyridine rings is 1. The number of carbonyl (C=O) groups excluding carboxylic acids is 1. The summed E-state index contributed by atoms with van der Waals surface area (Å²) in [7, 11) is 0. The maximum atomic E-state index is 12.6. The Morgan fingerprint density at radius 1 is 1.19 bits per heavy atom. The van der Waals surface area contributed by atoms with Crippen LogP contribution in [0, 0.1) is 6.92 Å². The van der Waals surface area contributed by atoms with E-state index in [1.807, 2.05) is 67.0 Å². The van der Waals surface area contributed by atoms with Gasteiger partial charge < -0.3 is 18.3 Å². The molecule has 0 atom stereocenters. The highest BCUT2D eigenvalue weighted by atomic mass is 16.5. The van der Waals surface area contributed by atoms with Gasteiger partial charge in [-0.3, -0.25) is 0 Å². The van der Waals surface area contributed by atoms with E-state index in [4.69, 9.17) is 13.9 Å². The number of carbonyl (C=O) groups is 1. The molecule has 0 aliphatic carbocycles. The van der Waals surface area contributed by atoms with Crippen LogP contribution < -0.4 is 0 Å². The first-order chi connectivity index (χ1) is 13.2. The molecule has 27 heavy (non-hydrogen) atoms. The van der Waals surface area contributed by atoms with Crippen LogP contribution in [-0.4, -0.2) is 22.0 Å². The molecule has 3 heterocycles. The van der Waals surface area contributed by atoms with E-state index >= 15 is 0 Å². The second kappa shape index (κ2) is 7.25. The number of fused-ring (bicyclic) bond motifs is 2. The summed E-state index contributed by atoms with van der Waals surface area (Å²) in [5, 5.41) is 0.862. The molecule has 6 nitrogen and oxygen atoms in total. The number of aryl methyl sites for hydroxylation is 1. The Labute approximate surface area is 156 Å². The molecule has 0 bridgehead atoms. The zero-order valence-corrected chi connectivity index (χ0v) is 15.3. The lowest BCUT2D eigenvalue weighted by molar-refractivity contribution is 0.0426. The Morgan fingerprint density at radius 2 is 2.04 bits per heavy atom. The number of esters is 1. The van der Waals surface area contributed by atoms with E-state index in [0.717, 1.165) is 16.6 Å². The molecule has 4 rings (SSSR count). The first-order valence-electron chi connectivity index (χ1n) is 8.86. The molecule has 138 valence electrons. The van der Waals surface area contributed by atoms with E-state index < -0.39 is 5.97 Å². The molecule has 3 aromatic heterocycles. The Morgan fingerprint density at radius 3 is 2.85 bits per heavy atom. The number of ether oxygens (including phenoxy) is 2. The van der Waals surface area contributed by atoms with E-state index in [1.54, 1.807) is 0 Å². The van der Waals surface area contributed by atoms with Gasteiger partial charge in [0.15, 0.2) is 0 Å². The summed E-state index contributed by atoms with van der Waals surface area (Å²) < 4.78 is 18.6. The predicted molar refractivity (Wildman–Crippen MR) is 101 cm³/mol. The number of imidazole rings is 1. The second-order valence-electron chi connectivity index (χ2n) is 6.27. The van der Waals surface area contributed by atoms with Gasteiger partial charge in [-0.05, 0) is 31.5 Å². The number of aromatic nitrogens is 2. The van der Waals surface area contributed by atoms with Crippen LogP contribution in [0.4, 0.5) is 0 Å².